The fraction of sp³-hybridized carbons (Fsp3) is 0.526. The van der Waals surface area contributed by atoms with Crippen LogP contribution in [0, 0.1) is 0 Å². The number of carbonyl (C=O) groups is 3. The second-order valence-electron chi connectivity index (χ2n) is 6.92. The predicted molar refractivity (Wildman–Crippen MR) is 93.3 cm³/mol. The molecule has 0 saturated heterocycles. The fourth-order valence-electron chi connectivity index (χ4n) is 3.83. The Kier molecular flexibility index (Phi) is 5.06. The summed E-state index contributed by atoms with van der Waals surface area (Å²) in [5.41, 5.74) is 0.827. The maximum Gasteiger partial charge on any atom is 0.329 e. The van der Waals surface area contributed by atoms with Gasteiger partial charge in [-0.3, -0.25) is 9.59 Å². The SMILES string of the molecule is O=C(CCN1C(=O)CCc2ccccc21)NC1(C(=O)O)CCCCC1. The van der Waals surface area contributed by atoms with Gasteiger partial charge in [-0.1, -0.05) is 37.5 Å². The van der Waals surface area contributed by atoms with E-state index in [1.165, 1.54) is 0 Å². The molecule has 1 aliphatic heterocycles. The lowest BCUT2D eigenvalue weighted by Crippen LogP contribution is -2.56. The average Bonchev–Trinajstić information content (AvgIpc) is 2.61. The number of amides is 2. The minimum atomic E-state index is -1.14. The van der Waals surface area contributed by atoms with Crippen LogP contribution >= 0.6 is 0 Å². The number of nitrogens with one attached hydrogen (secondary N) is 1. The molecule has 3 rings (SSSR count). The summed E-state index contributed by atoms with van der Waals surface area (Å²) >= 11 is 0. The Morgan fingerprint density at radius 1 is 1.12 bits per heavy atom. The molecule has 25 heavy (non-hydrogen) atoms. The molecule has 0 spiro atoms. The van der Waals surface area contributed by atoms with Crippen molar-refractivity contribution < 1.29 is 19.5 Å². The topological polar surface area (TPSA) is 86.7 Å². The first-order valence-electron chi connectivity index (χ1n) is 8.94. The van der Waals surface area contributed by atoms with Crippen molar-refractivity contribution in [2.75, 3.05) is 11.4 Å². The van der Waals surface area contributed by atoms with Gasteiger partial charge in [0.1, 0.15) is 5.54 Å². The Hall–Kier alpha value is -2.37. The summed E-state index contributed by atoms with van der Waals surface area (Å²) in [7, 11) is 0. The number of carboxylic acid groups (broad SMARTS) is 1. The van der Waals surface area contributed by atoms with E-state index in [2.05, 4.69) is 5.32 Å². The third kappa shape index (κ3) is 3.67. The number of carboxylic acids is 1. The normalized spacial score (nSPS) is 19.2. The molecule has 1 saturated carbocycles. The molecule has 0 radical (unpaired) electrons. The lowest BCUT2D eigenvalue weighted by molar-refractivity contribution is -0.149. The number of para-hydroxylation sites is 1. The van der Waals surface area contributed by atoms with Gasteiger partial charge in [0.25, 0.3) is 0 Å². The summed E-state index contributed by atoms with van der Waals surface area (Å²) in [6.07, 6.45) is 4.84. The van der Waals surface area contributed by atoms with Crippen LogP contribution < -0.4 is 10.2 Å². The average molecular weight is 344 g/mol. The van der Waals surface area contributed by atoms with E-state index in [0.29, 0.717) is 19.3 Å². The van der Waals surface area contributed by atoms with E-state index >= 15 is 0 Å². The summed E-state index contributed by atoms with van der Waals surface area (Å²) in [5.74, 6) is -1.25. The molecular formula is C19H24N2O4. The van der Waals surface area contributed by atoms with Crippen LogP contribution in [-0.4, -0.2) is 35.0 Å². The smallest absolute Gasteiger partial charge is 0.329 e. The Morgan fingerprint density at radius 2 is 1.84 bits per heavy atom. The summed E-state index contributed by atoms with van der Waals surface area (Å²) in [6, 6.07) is 7.71. The van der Waals surface area contributed by atoms with Crippen LogP contribution in [0.1, 0.15) is 50.5 Å². The van der Waals surface area contributed by atoms with Crippen LogP contribution in [0.3, 0.4) is 0 Å². The van der Waals surface area contributed by atoms with Crippen molar-refractivity contribution >= 4 is 23.5 Å². The van der Waals surface area contributed by atoms with Gasteiger partial charge < -0.3 is 15.3 Å². The summed E-state index contributed by atoms with van der Waals surface area (Å²) in [4.78, 5) is 37.9. The van der Waals surface area contributed by atoms with Crippen molar-refractivity contribution in [2.45, 2.75) is 56.9 Å². The predicted octanol–water partition coefficient (Wildman–Crippen LogP) is 2.26. The van der Waals surface area contributed by atoms with Crippen molar-refractivity contribution in [2.24, 2.45) is 0 Å². The quantitative estimate of drug-likeness (QED) is 0.858. The van der Waals surface area contributed by atoms with Gasteiger partial charge in [0.2, 0.25) is 11.8 Å². The number of aliphatic carboxylic acids is 1. The van der Waals surface area contributed by atoms with Crippen molar-refractivity contribution in [3.05, 3.63) is 29.8 Å². The summed E-state index contributed by atoms with van der Waals surface area (Å²) in [6.45, 7) is 0.275. The molecule has 1 heterocycles. The lowest BCUT2D eigenvalue weighted by Gasteiger charge is -2.34. The largest absolute Gasteiger partial charge is 0.480 e. The van der Waals surface area contributed by atoms with Crippen molar-refractivity contribution in [1.29, 1.82) is 0 Å². The molecular weight excluding hydrogens is 320 g/mol. The maximum atomic E-state index is 12.4. The van der Waals surface area contributed by atoms with Crippen LogP contribution in [0.25, 0.3) is 0 Å². The number of benzene rings is 1. The molecule has 0 bridgehead atoms. The first-order valence-corrected chi connectivity index (χ1v) is 8.94. The molecule has 2 aliphatic rings. The van der Waals surface area contributed by atoms with Crippen molar-refractivity contribution in [3.63, 3.8) is 0 Å². The van der Waals surface area contributed by atoms with Gasteiger partial charge in [0.05, 0.1) is 0 Å². The maximum absolute atomic E-state index is 12.4. The molecule has 1 fully saturated rings. The minimum absolute atomic E-state index is 0.0112. The summed E-state index contributed by atoms with van der Waals surface area (Å²) in [5, 5.41) is 12.3. The highest BCUT2D eigenvalue weighted by Crippen LogP contribution is 2.29. The Bertz CT molecular complexity index is 680. The second kappa shape index (κ2) is 7.25. The number of carbonyl (C=O) groups excluding carboxylic acids is 2. The third-order valence-electron chi connectivity index (χ3n) is 5.25. The molecule has 1 aromatic carbocycles. The molecule has 134 valence electrons. The highest BCUT2D eigenvalue weighted by atomic mass is 16.4. The second-order valence-corrected chi connectivity index (χ2v) is 6.92. The number of anilines is 1. The molecule has 1 aromatic rings. The monoisotopic (exact) mass is 344 g/mol. The van der Waals surface area contributed by atoms with Crippen molar-refractivity contribution in [1.82, 2.24) is 5.32 Å². The van der Waals surface area contributed by atoms with Gasteiger partial charge in [-0.2, -0.15) is 0 Å². The third-order valence-corrected chi connectivity index (χ3v) is 5.25. The van der Waals surface area contributed by atoms with Gasteiger partial charge >= 0.3 is 5.97 Å². The van der Waals surface area contributed by atoms with Crippen LogP contribution in [-0.2, 0) is 20.8 Å². The van der Waals surface area contributed by atoms with E-state index in [0.717, 1.165) is 36.9 Å². The van der Waals surface area contributed by atoms with E-state index < -0.39 is 11.5 Å². The Labute approximate surface area is 147 Å². The van der Waals surface area contributed by atoms with E-state index in [-0.39, 0.29) is 24.8 Å². The van der Waals surface area contributed by atoms with Gasteiger partial charge in [-0.25, -0.2) is 4.79 Å². The number of rotatable bonds is 5. The lowest BCUT2D eigenvalue weighted by atomic mass is 9.81. The molecule has 6 nitrogen and oxygen atoms in total. The van der Waals surface area contributed by atoms with Crippen LogP contribution in [0.2, 0.25) is 0 Å². The highest BCUT2D eigenvalue weighted by Gasteiger charge is 2.40. The first-order chi connectivity index (χ1) is 12.0. The molecule has 1 aliphatic carbocycles. The zero-order chi connectivity index (χ0) is 17.9. The molecule has 0 unspecified atom stereocenters. The van der Waals surface area contributed by atoms with E-state index in [1.807, 2.05) is 24.3 Å². The van der Waals surface area contributed by atoms with Gasteiger partial charge in [0, 0.05) is 25.1 Å². The molecule has 2 amide bonds. The number of hydrogen-bond donors (Lipinski definition) is 2. The van der Waals surface area contributed by atoms with Gasteiger partial charge in [-0.15, -0.1) is 0 Å². The standard InChI is InChI=1S/C19H24N2O4/c22-16(20-19(18(24)25)11-4-1-5-12-19)10-13-21-15-7-3-2-6-14(15)8-9-17(21)23/h2-3,6-7H,1,4-5,8-13H2,(H,20,22)(H,24,25). The number of nitrogens with zero attached hydrogens (tertiary/aromatic N) is 1. The number of fused-ring (bicyclic) bond motifs is 1. The summed E-state index contributed by atoms with van der Waals surface area (Å²) < 4.78 is 0. The molecule has 0 aromatic heterocycles. The Morgan fingerprint density at radius 3 is 2.56 bits per heavy atom. The van der Waals surface area contributed by atoms with E-state index in [1.54, 1.807) is 4.90 Å². The first kappa shape index (κ1) is 17.5. The van der Waals surface area contributed by atoms with Gasteiger partial charge in [-0.05, 0) is 30.9 Å². The van der Waals surface area contributed by atoms with E-state index in [9.17, 15) is 19.5 Å². The zero-order valence-corrected chi connectivity index (χ0v) is 14.3. The fourth-order valence-corrected chi connectivity index (χ4v) is 3.83. The number of hydrogen-bond acceptors (Lipinski definition) is 3. The zero-order valence-electron chi connectivity index (χ0n) is 14.3. The molecule has 6 heteroatoms. The molecule has 2 N–H and O–H groups in total. The van der Waals surface area contributed by atoms with Gasteiger partial charge in [0.15, 0.2) is 0 Å². The van der Waals surface area contributed by atoms with Crippen LogP contribution in [0.4, 0.5) is 5.69 Å². The van der Waals surface area contributed by atoms with Crippen LogP contribution in [0.15, 0.2) is 24.3 Å². The van der Waals surface area contributed by atoms with E-state index in [4.69, 9.17) is 0 Å². The minimum Gasteiger partial charge on any atom is -0.480 e. The van der Waals surface area contributed by atoms with Crippen LogP contribution in [0.5, 0.6) is 0 Å². The highest BCUT2D eigenvalue weighted by molar-refractivity contribution is 5.97. The Balaban J connectivity index is 1.64. The molecule has 0 atom stereocenters. The van der Waals surface area contributed by atoms with Crippen molar-refractivity contribution in [3.8, 4) is 0 Å². The number of aryl methyl sites for hydroxylation is 1.